The number of hydrogen-bond donors (Lipinski definition) is 1. The molecule has 1 atom stereocenters. The van der Waals surface area contributed by atoms with Crippen LogP contribution in [0.4, 0.5) is 4.79 Å². The van der Waals surface area contributed by atoms with Crippen molar-refractivity contribution in [3.05, 3.63) is 12.2 Å². The molecule has 1 amide bonds. The van der Waals surface area contributed by atoms with E-state index in [9.17, 15) is 9.59 Å². The summed E-state index contributed by atoms with van der Waals surface area (Å²) in [5.74, 6) is -0.514. The Kier molecular flexibility index (Phi) is 4.58. The number of ether oxygens (including phenoxy) is 2. The Bertz CT molecular complexity index is 224. The second kappa shape index (κ2) is 5.18. The van der Waals surface area contributed by atoms with Crippen molar-refractivity contribution in [3.8, 4) is 0 Å². The van der Waals surface area contributed by atoms with Crippen molar-refractivity contribution < 1.29 is 19.1 Å². The number of hydrogen-bond acceptors (Lipinski definition) is 4. The lowest BCUT2D eigenvalue weighted by Crippen LogP contribution is -2.25. The number of carbonyl (C=O) groups is 2. The van der Waals surface area contributed by atoms with Crippen molar-refractivity contribution in [2.24, 2.45) is 5.73 Å². The first-order valence-electron chi connectivity index (χ1n) is 3.72. The highest BCUT2D eigenvalue weighted by Gasteiger charge is 2.09. The molecule has 1 unspecified atom stereocenters. The van der Waals surface area contributed by atoms with Gasteiger partial charge in [-0.15, -0.1) is 0 Å². The molecule has 5 heteroatoms. The third-order valence-corrected chi connectivity index (χ3v) is 1.11. The summed E-state index contributed by atoms with van der Waals surface area (Å²) in [5, 5.41) is 0. The number of nitrogens with two attached hydrogens (primary N) is 1. The van der Waals surface area contributed by atoms with E-state index in [4.69, 9.17) is 10.5 Å². The van der Waals surface area contributed by atoms with Crippen LogP contribution >= 0.6 is 0 Å². The van der Waals surface area contributed by atoms with Crippen LogP contribution in [0.25, 0.3) is 0 Å². The van der Waals surface area contributed by atoms with E-state index in [2.05, 4.69) is 11.3 Å². The fourth-order valence-electron chi connectivity index (χ4n) is 0.549. The van der Waals surface area contributed by atoms with E-state index >= 15 is 0 Å². The SMILES string of the molecule is C=C(C)C(=O)OCC(C)OC(N)=O. The van der Waals surface area contributed by atoms with Crippen LogP contribution in [0.5, 0.6) is 0 Å². The average Bonchev–Trinajstić information content (AvgIpc) is 1.98. The van der Waals surface area contributed by atoms with Crippen molar-refractivity contribution in [1.29, 1.82) is 0 Å². The Morgan fingerprint density at radius 3 is 2.46 bits per heavy atom. The van der Waals surface area contributed by atoms with Crippen molar-refractivity contribution in [1.82, 2.24) is 0 Å². The van der Waals surface area contributed by atoms with Gasteiger partial charge in [0.15, 0.2) is 0 Å². The summed E-state index contributed by atoms with van der Waals surface area (Å²) in [6.07, 6.45) is -1.43. The lowest BCUT2D eigenvalue weighted by Gasteiger charge is -2.11. The maximum Gasteiger partial charge on any atom is 0.404 e. The maximum absolute atomic E-state index is 10.8. The van der Waals surface area contributed by atoms with E-state index in [0.717, 1.165) is 0 Å². The Morgan fingerprint density at radius 1 is 1.54 bits per heavy atom. The molecule has 0 fully saturated rings. The molecule has 0 aliphatic rings. The second-order valence-corrected chi connectivity index (χ2v) is 2.63. The Hall–Kier alpha value is -1.52. The van der Waals surface area contributed by atoms with Crippen LogP contribution in [0, 0.1) is 0 Å². The molecule has 0 aliphatic carbocycles. The van der Waals surface area contributed by atoms with Crippen LogP contribution in [-0.4, -0.2) is 24.8 Å². The molecular formula is C8H13NO4. The van der Waals surface area contributed by atoms with Gasteiger partial charge in [0, 0.05) is 5.57 Å². The molecule has 5 nitrogen and oxygen atoms in total. The minimum atomic E-state index is -0.890. The van der Waals surface area contributed by atoms with Gasteiger partial charge in [0.25, 0.3) is 0 Å². The quantitative estimate of drug-likeness (QED) is 0.516. The van der Waals surface area contributed by atoms with Gasteiger partial charge in [-0.2, -0.15) is 0 Å². The number of primary amides is 1. The molecule has 0 aromatic carbocycles. The van der Waals surface area contributed by atoms with Crippen LogP contribution in [0.3, 0.4) is 0 Å². The first-order chi connectivity index (χ1) is 5.93. The van der Waals surface area contributed by atoms with Crippen LogP contribution < -0.4 is 5.73 Å². The van der Waals surface area contributed by atoms with Crippen LogP contribution in [0.2, 0.25) is 0 Å². The summed E-state index contributed by atoms with van der Waals surface area (Å²) in [5.41, 5.74) is 5.04. The Morgan fingerprint density at radius 2 is 2.08 bits per heavy atom. The summed E-state index contributed by atoms with van der Waals surface area (Å²) in [7, 11) is 0. The van der Waals surface area contributed by atoms with Gasteiger partial charge >= 0.3 is 12.1 Å². The van der Waals surface area contributed by atoms with E-state index < -0.39 is 18.2 Å². The molecule has 0 saturated carbocycles. The van der Waals surface area contributed by atoms with Crippen LogP contribution in [0.15, 0.2) is 12.2 Å². The zero-order valence-corrected chi connectivity index (χ0v) is 7.70. The number of esters is 1. The van der Waals surface area contributed by atoms with Crippen LogP contribution in [0.1, 0.15) is 13.8 Å². The van der Waals surface area contributed by atoms with Gasteiger partial charge in [-0.1, -0.05) is 6.58 Å². The zero-order valence-electron chi connectivity index (χ0n) is 7.70. The molecule has 0 spiro atoms. The predicted octanol–water partition coefficient (Wildman–Crippen LogP) is 0.590. The lowest BCUT2D eigenvalue weighted by molar-refractivity contribution is -0.141. The summed E-state index contributed by atoms with van der Waals surface area (Å²) in [6, 6.07) is 0. The van der Waals surface area contributed by atoms with E-state index in [1.807, 2.05) is 0 Å². The number of carbonyl (C=O) groups excluding carboxylic acids is 2. The van der Waals surface area contributed by atoms with Gasteiger partial charge in [0.05, 0.1) is 0 Å². The third-order valence-electron chi connectivity index (χ3n) is 1.11. The molecule has 0 rings (SSSR count). The number of amides is 1. The Labute approximate surface area is 76.5 Å². The van der Waals surface area contributed by atoms with E-state index in [0.29, 0.717) is 5.57 Å². The molecule has 0 bridgehead atoms. The number of rotatable bonds is 4. The van der Waals surface area contributed by atoms with Crippen LogP contribution in [-0.2, 0) is 14.3 Å². The Balaban J connectivity index is 3.70. The highest BCUT2D eigenvalue weighted by Crippen LogP contribution is 1.96. The summed E-state index contributed by atoms with van der Waals surface area (Å²) >= 11 is 0. The molecule has 0 aliphatic heterocycles. The molecule has 0 radical (unpaired) electrons. The maximum atomic E-state index is 10.8. The molecular weight excluding hydrogens is 174 g/mol. The van der Waals surface area contributed by atoms with Gasteiger partial charge in [0.1, 0.15) is 12.7 Å². The fraction of sp³-hybridized carbons (Fsp3) is 0.500. The smallest absolute Gasteiger partial charge is 0.404 e. The molecule has 74 valence electrons. The van der Waals surface area contributed by atoms with Gasteiger partial charge in [-0.05, 0) is 13.8 Å². The van der Waals surface area contributed by atoms with Gasteiger partial charge < -0.3 is 15.2 Å². The molecule has 2 N–H and O–H groups in total. The first kappa shape index (κ1) is 11.5. The van der Waals surface area contributed by atoms with E-state index in [-0.39, 0.29) is 6.61 Å². The van der Waals surface area contributed by atoms with E-state index in [1.165, 1.54) is 6.92 Å². The van der Waals surface area contributed by atoms with Gasteiger partial charge in [-0.25, -0.2) is 9.59 Å². The summed E-state index contributed by atoms with van der Waals surface area (Å²) < 4.78 is 9.21. The molecule has 0 aromatic rings. The predicted molar refractivity (Wildman–Crippen MR) is 45.9 cm³/mol. The molecule has 0 heterocycles. The second-order valence-electron chi connectivity index (χ2n) is 2.63. The highest BCUT2D eigenvalue weighted by atomic mass is 16.6. The minimum Gasteiger partial charge on any atom is -0.458 e. The van der Waals surface area contributed by atoms with Crippen molar-refractivity contribution in [3.63, 3.8) is 0 Å². The van der Waals surface area contributed by atoms with Gasteiger partial charge in [0.2, 0.25) is 0 Å². The van der Waals surface area contributed by atoms with Crippen molar-refractivity contribution >= 4 is 12.1 Å². The largest absolute Gasteiger partial charge is 0.458 e. The standard InChI is InChI=1S/C8H13NO4/c1-5(2)7(10)12-4-6(3)13-8(9)11/h6H,1,4H2,2-3H3,(H2,9,11). The zero-order chi connectivity index (χ0) is 10.4. The molecule has 0 aromatic heterocycles. The average molecular weight is 187 g/mol. The molecule has 13 heavy (non-hydrogen) atoms. The summed E-state index contributed by atoms with van der Waals surface area (Å²) in [6.45, 7) is 6.46. The highest BCUT2D eigenvalue weighted by molar-refractivity contribution is 5.86. The molecule has 0 saturated heterocycles. The lowest BCUT2D eigenvalue weighted by atomic mass is 10.3. The van der Waals surface area contributed by atoms with Gasteiger partial charge in [-0.3, -0.25) is 0 Å². The fourth-order valence-corrected chi connectivity index (χ4v) is 0.549. The first-order valence-corrected chi connectivity index (χ1v) is 3.72. The normalized spacial score (nSPS) is 11.5. The van der Waals surface area contributed by atoms with Crippen molar-refractivity contribution in [2.75, 3.05) is 6.61 Å². The van der Waals surface area contributed by atoms with E-state index in [1.54, 1.807) is 6.92 Å². The minimum absolute atomic E-state index is 0.0192. The summed E-state index contributed by atoms with van der Waals surface area (Å²) in [4.78, 5) is 21.1. The van der Waals surface area contributed by atoms with Crippen molar-refractivity contribution in [2.45, 2.75) is 20.0 Å². The monoisotopic (exact) mass is 187 g/mol. The third kappa shape index (κ3) is 5.72. The topological polar surface area (TPSA) is 78.6 Å².